The number of rotatable bonds is 6. The average molecular weight is 740 g/mol. The van der Waals surface area contributed by atoms with E-state index in [2.05, 4.69) is 137 Å². The lowest BCUT2D eigenvalue weighted by Gasteiger charge is -2.12. The molecule has 10 rings (SSSR count). The number of carbonyl (C=O) groups excluding carboxylic acids is 1. The fraction of sp³-hybridized carbons (Fsp3) is 0. The first-order valence-corrected chi connectivity index (χ1v) is 19.3. The predicted octanol–water partition coefficient (Wildman–Crippen LogP) is 12.6. The van der Waals surface area contributed by atoms with E-state index in [0.717, 1.165) is 89.4 Å². The van der Waals surface area contributed by atoms with Crippen molar-refractivity contribution in [3.8, 4) is 44.5 Å². The summed E-state index contributed by atoms with van der Waals surface area (Å²) in [7, 11) is 0. The molecule has 0 unspecified atom stereocenters. The summed E-state index contributed by atoms with van der Waals surface area (Å²) in [4.78, 5) is 32.5. The molecule has 0 aliphatic carbocycles. The number of H-pyrrole nitrogens is 2. The summed E-state index contributed by atoms with van der Waals surface area (Å²) in [6.45, 7) is 0. The molecular formula is C49H33N5OS. The summed E-state index contributed by atoms with van der Waals surface area (Å²) in [6, 6.07) is 51.3. The zero-order valence-electron chi connectivity index (χ0n) is 30.0. The third kappa shape index (κ3) is 6.06. The summed E-state index contributed by atoms with van der Waals surface area (Å²) in [5, 5.41) is 5.11. The number of nitrogens with one attached hydrogen (secondary N) is 3. The highest BCUT2D eigenvalue weighted by Gasteiger charge is 2.20. The summed E-state index contributed by atoms with van der Waals surface area (Å²) in [5.74, 6) is -0.156. The second-order valence-corrected chi connectivity index (χ2v) is 14.5. The molecule has 0 atom stereocenters. The third-order valence-corrected chi connectivity index (χ3v) is 11.0. The van der Waals surface area contributed by atoms with E-state index < -0.39 is 0 Å². The maximum atomic E-state index is 13.5. The van der Waals surface area contributed by atoms with Crippen LogP contribution < -0.4 is 5.32 Å². The Hall–Kier alpha value is -7.35. The number of hydrogen-bond acceptors (Lipinski definition) is 4. The van der Waals surface area contributed by atoms with Crippen LogP contribution in [0.5, 0.6) is 0 Å². The van der Waals surface area contributed by atoms with E-state index in [1.54, 1.807) is 0 Å². The molecule has 56 heavy (non-hydrogen) atoms. The third-order valence-electron chi connectivity index (χ3n) is 10.1. The molecule has 0 radical (unpaired) electrons. The van der Waals surface area contributed by atoms with Crippen LogP contribution in [0.15, 0.2) is 157 Å². The number of fused-ring (bicyclic) bond motifs is 8. The molecule has 7 heteroatoms. The zero-order chi connectivity index (χ0) is 37.4. The van der Waals surface area contributed by atoms with Crippen molar-refractivity contribution in [2.24, 2.45) is 0 Å². The predicted molar refractivity (Wildman–Crippen MR) is 233 cm³/mol. The number of amides is 1. The molecule has 6 heterocycles. The SMILES string of the molecule is O=C(Nc1ccccc1-c1c2nc(c(-c3ccccc3)c3ccc([nH]3)c(-c3ccccc3)c3nc(c(-c4ccccc4)c4ccc1[nH]4)C=C3)C=C2)c1cccs1. The van der Waals surface area contributed by atoms with Crippen molar-refractivity contribution in [1.82, 2.24) is 19.9 Å². The van der Waals surface area contributed by atoms with E-state index in [1.807, 2.05) is 60.0 Å². The molecule has 2 aliphatic heterocycles. The molecule has 8 bridgehead atoms. The molecule has 0 saturated heterocycles. The fourth-order valence-electron chi connectivity index (χ4n) is 7.62. The fourth-order valence-corrected chi connectivity index (χ4v) is 8.24. The first-order chi connectivity index (χ1) is 27.7. The number of aromatic nitrogens is 4. The van der Waals surface area contributed by atoms with Gasteiger partial charge in [0.1, 0.15) is 0 Å². The van der Waals surface area contributed by atoms with Gasteiger partial charge in [0.25, 0.3) is 5.91 Å². The minimum Gasteiger partial charge on any atom is -0.354 e. The summed E-state index contributed by atoms with van der Waals surface area (Å²) in [6.07, 6.45) is 8.37. The maximum absolute atomic E-state index is 13.5. The molecule has 0 spiro atoms. The molecule has 3 N–H and O–H groups in total. The molecule has 4 aromatic heterocycles. The standard InChI is InChI=1S/C49H33N5OS/c55-49(44-21-12-30-56-44)54-35-20-11-10-19-34(35)48-42-28-26-40(52-42)46(32-15-6-2-7-16-32)38-24-22-36(50-38)45(31-13-4-1-5-14-31)37-23-25-39(51-37)47(33-17-8-3-9-18-33)41-27-29-43(48)53-41/h1-30,50,53H,(H,54,55). The zero-order valence-corrected chi connectivity index (χ0v) is 30.8. The summed E-state index contributed by atoms with van der Waals surface area (Å²) < 4.78 is 0. The lowest BCUT2D eigenvalue weighted by molar-refractivity contribution is 0.103. The molecule has 266 valence electrons. The van der Waals surface area contributed by atoms with E-state index in [0.29, 0.717) is 10.6 Å². The largest absolute Gasteiger partial charge is 0.354 e. The molecular weight excluding hydrogens is 707 g/mol. The number of benzene rings is 4. The minimum absolute atomic E-state index is 0.156. The highest BCUT2D eigenvalue weighted by molar-refractivity contribution is 7.12. The molecule has 8 aromatic rings. The van der Waals surface area contributed by atoms with Gasteiger partial charge in [-0.25, -0.2) is 9.97 Å². The van der Waals surface area contributed by atoms with Gasteiger partial charge in [-0.05, 0) is 82.8 Å². The van der Waals surface area contributed by atoms with E-state index in [1.165, 1.54) is 11.3 Å². The van der Waals surface area contributed by atoms with Crippen molar-refractivity contribution < 1.29 is 4.79 Å². The Kier molecular flexibility index (Phi) is 8.39. The van der Waals surface area contributed by atoms with Gasteiger partial charge >= 0.3 is 0 Å². The van der Waals surface area contributed by atoms with Gasteiger partial charge in [-0.2, -0.15) is 0 Å². The number of carbonyl (C=O) groups is 1. The normalized spacial score (nSPS) is 11.9. The minimum atomic E-state index is -0.156. The van der Waals surface area contributed by atoms with Gasteiger partial charge in [-0.1, -0.05) is 115 Å². The van der Waals surface area contributed by atoms with E-state index in [-0.39, 0.29) is 5.91 Å². The molecule has 4 aromatic carbocycles. The van der Waals surface area contributed by atoms with Crippen molar-refractivity contribution in [3.05, 3.63) is 185 Å². The van der Waals surface area contributed by atoms with Crippen LogP contribution in [0.4, 0.5) is 5.69 Å². The first-order valence-electron chi connectivity index (χ1n) is 18.4. The van der Waals surface area contributed by atoms with Gasteiger partial charge in [-0.15, -0.1) is 11.3 Å². The molecule has 0 saturated carbocycles. The van der Waals surface area contributed by atoms with Gasteiger partial charge in [0.05, 0.1) is 27.7 Å². The average Bonchev–Trinajstić information content (AvgIpc) is 4.10. The first kappa shape index (κ1) is 33.2. The molecule has 2 aliphatic rings. The van der Waals surface area contributed by atoms with Crippen LogP contribution in [0.3, 0.4) is 0 Å². The van der Waals surface area contributed by atoms with Crippen LogP contribution in [-0.2, 0) is 0 Å². The van der Waals surface area contributed by atoms with Crippen LogP contribution in [0.1, 0.15) is 32.4 Å². The van der Waals surface area contributed by atoms with Crippen LogP contribution in [-0.4, -0.2) is 25.8 Å². The summed E-state index contributed by atoms with van der Waals surface area (Å²) in [5.41, 5.74) is 15.5. The Labute approximate surface area is 327 Å². The topological polar surface area (TPSA) is 86.5 Å². The van der Waals surface area contributed by atoms with Crippen LogP contribution >= 0.6 is 11.3 Å². The lowest BCUT2D eigenvalue weighted by atomic mass is 10.0. The van der Waals surface area contributed by atoms with Crippen molar-refractivity contribution >= 4 is 69.3 Å². The highest BCUT2D eigenvalue weighted by atomic mass is 32.1. The smallest absolute Gasteiger partial charge is 0.265 e. The van der Waals surface area contributed by atoms with E-state index >= 15 is 0 Å². The summed E-state index contributed by atoms with van der Waals surface area (Å²) >= 11 is 1.41. The molecule has 6 nitrogen and oxygen atoms in total. The van der Waals surface area contributed by atoms with Crippen molar-refractivity contribution in [3.63, 3.8) is 0 Å². The number of aromatic amines is 2. The second-order valence-electron chi connectivity index (χ2n) is 13.6. The van der Waals surface area contributed by atoms with Gasteiger partial charge in [0.2, 0.25) is 0 Å². The van der Waals surface area contributed by atoms with Gasteiger partial charge < -0.3 is 15.3 Å². The Morgan fingerprint density at radius 3 is 1.30 bits per heavy atom. The number of thiophene rings is 1. The Morgan fingerprint density at radius 1 is 0.446 bits per heavy atom. The van der Waals surface area contributed by atoms with Crippen LogP contribution in [0.2, 0.25) is 0 Å². The monoisotopic (exact) mass is 739 g/mol. The van der Waals surface area contributed by atoms with Crippen LogP contribution in [0.25, 0.3) is 90.9 Å². The Bertz CT molecular complexity index is 2960. The lowest BCUT2D eigenvalue weighted by Crippen LogP contribution is -2.11. The Morgan fingerprint density at radius 2 is 0.857 bits per heavy atom. The van der Waals surface area contributed by atoms with Crippen molar-refractivity contribution in [2.75, 3.05) is 5.32 Å². The van der Waals surface area contributed by atoms with Crippen LogP contribution in [0, 0.1) is 0 Å². The van der Waals surface area contributed by atoms with E-state index in [9.17, 15) is 4.79 Å². The second kappa shape index (κ2) is 14.1. The molecule has 1 amide bonds. The number of nitrogens with zero attached hydrogens (tertiary/aromatic N) is 2. The Balaban J connectivity index is 1.34. The number of para-hydroxylation sites is 1. The highest BCUT2D eigenvalue weighted by Crippen LogP contribution is 2.40. The quantitative estimate of drug-likeness (QED) is 0.159. The van der Waals surface area contributed by atoms with Gasteiger partial charge in [0.15, 0.2) is 0 Å². The van der Waals surface area contributed by atoms with Gasteiger partial charge in [-0.3, -0.25) is 4.79 Å². The maximum Gasteiger partial charge on any atom is 0.265 e. The molecule has 0 fully saturated rings. The number of anilines is 1. The van der Waals surface area contributed by atoms with E-state index in [4.69, 9.17) is 9.97 Å². The van der Waals surface area contributed by atoms with Gasteiger partial charge in [0, 0.05) is 55.6 Å². The number of hydrogen-bond donors (Lipinski definition) is 3. The van der Waals surface area contributed by atoms with Crippen molar-refractivity contribution in [2.45, 2.75) is 0 Å². The van der Waals surface area contributed by atoms with Crippen molar-refractivity contribution in [1.29, 1.82) is 0 Å².